The Morgan fingerprint density at radius 3 is 2.79 bits per heavy atom. The summed E-state index contributed by atoms with van der Waals surface area (Å²) < 4.78 is 1.78. The minimum atomic E-state index is -0.112. The van der Waals surface area contributed by atoms with Crippen LogP contribution >= 0.6 is 0 Å². The van der Waals surface area contributed by atoms with Crippen LogP contribution in [0.15, 0.2) is 30.7 Å². The Labute approximate surface area is 141 Å². The molecule has 2 N–H and O–H groups in total. The minimum Gasteiger partial charge on any atom is -0.396 e. The molecule has 1 aliphatic rings. The standard InChI is InChI=1S/C17H23N5O2/c1-3-18-17(24)12-4-5-16(19-6-12)22-9-14(11-23)15(10-22)13-7-20-21(2)8-13/h4-8,14-15,23H,3,9-11H2,1-2H3,(H,18,24)/t14-,15-/m0/s1. The van der Waals surface area contributed by atoms with Gasteiger partial charge >= 0.3 is 0 Å². The fourth-order valence-corrected chi connectivity index (χ4v) is 3.22. The van der Waals surface area contributed by atoms with Crippen LogP contribution in [0.2, 0.25) is 0 Å². The van der Waals surface area contributed by atoms with Crippen molar-refractivity contribution in [2.75, 3.05) is 31.1 Å². The fourth-order valence-electron chi connectivity index (χ4n) is 3.22. The lowest BCUT2D eigenvalue weighted by molar-refractivity contribution is 0.0955. The summed E-state index contributed by atoms with van der Waals surface area (Å²) in [5, 5.41) is 16.7. The Morgan fingerprint density at radius 1 is 1.38 bits per heavy atom. The molecule has 0 aliphatic carbocycles. The SMILES string of the molecule is CCNC(=O)c1ccc(N2C[C@@H](CO)[C@H](c3cnn(C)c3)C2)nc1. The monoisotopic (exact) mass is 329 g/mol. The van der Waals surface area contributed by atoms with Crippen LogP contribution in [0.4, 0.5) is 5.82 Å². The van der Waals surface area contributed by atoms with E-state index in [1.165, 1.54) is 0 Å². The summed E-state index contributed by atoms with van der Waals surface area (Å²) in [6, 6.07) is 3.66. The Hall–Kier alpha value is -2.41. The molecule has 0 spiro atoms. The van der Waals surface area contributed by atoms with E-state index in [2.05, 4.69) is 20.3 Å². The zero-order chi connectivity index (χ0) is 17.1. The van der Waals surface area contributed by atoms with Gasteiger partial charge in [-0.2, -0.15) is 5.10 Å². The predicted molar refractivity (Wildman–Crippen MR) is 91.0 cm³/mol. The van der Waals surface area contributed by atoms with Gasteiger partial charge in [0.25, 0.3) is 5.91 Å². The molecule has 24 heavy (non-hydrogen) atoms. The number of nitrogens with one attached hydrogen (secondary N) is 1. The van der Waals surface area contributed by atoms with Gasteiger partial charge in [-0.1, -0.05) is 0 Å². The van der Waals surface area contributed by atoms with Crippen LogP contribution in [0.3, 0.4) is 0 Å². The van der Waals surface area contributed by atoms with Crippen LogP contribution in [0, 0.1) is 5.92 Å². The summed E-state index contributed by atoms with van der Waals surface area (Å²) in [5.74, 6) is 1.10. The average Bonchev–Trinajstić information content (AvgIpc) is 3.21. The summed E-state index contributed by atoms with van der Waals surface area (Å²) in [4.78, 5) is 18.4. The smallest absolute Gasteiger partial charge is 0.252 e. The molecule has 7 heteroatoms. The summed E-state index contributed by atoms with van der Waals surface area (Å²) in [6.45, 7) is 4.14. The van der Waals surface area contributed by atoms with E-state index in [0.717, 1.165) is 24.5 Å². The summed E-state index contributed by atoms with van der Waals surface area (Å²) in [7, 11) is 1.89. The molecule has 0 aromatic carbocycles. The van der Waals surface area contributed by atoms with E-state index < -0.39 is 0 Å². The third-order valence-corrected chi connectivity index (χ3v) is 4.50. The topological polar surface area (TPSA) is 83.3 Å². The van der Waals surface area contributed by atoms with Crippen molar-refractivity contribution in [1.82, 2.24) is 20.1 Å². The molecule has 0 unspecified atom stereocenters. The van der Waals surface area contributed by atoms with Crippen molar-refractivity contribution >= 4 is 11.7 Å². The van der Waals surface area contributed by atoms with Crippen molar-refractivity contribution in [1.29, 1.82) is 0 Å². The first-order chi connectivity index (χ1) is 11.6. The Kier molecular flexibility index (Phi) is 4.80. The highest BCUT2D eigenvalue weighted by atomic mass is 16.3. The summed E-state index contributed by atoms with van der Waals surface area (Å²) in [5.41, 5.74) is 1.69. The molecule has 3 rings (SSSR count). The molecule has 1 amide bonds. The lowest BCUT2D eigenvalue weighted by atomic mass is 9.92. The van der Waals surface area contributed by atoms with Crippen LogP contribution in [0.25, 0.3) is 0 Å². The number of aromatic nitrogens is 3. The van der Waals surface area contributed by atoms with Crippen LogP contribution in [-0.2, 0) is 7.05 Å². The second-order valence-corrected chi connectivity index (χ2v) is 6.17. The number of pyridine rings is 1. The van der Waals surface area contributed by atoms with Crippen molar-refractivity contribution in [3.8, 4) is 0 Å². The van der Waals surface area contributed by atoms with Gasteiger partial charge in [-0.3, -0.25) is 9.48 Å². The van der Waals surface area contributed by atoms with Gasteiger partial charge in [-0.15, -0.1) is 0 Å². The van der Waals surface area contributed by atoms with E-state index in [-0.39, 0.29) is 24.3 Å². The highest BCUT2D eigenvalue weighted by Gasteiger charge is 2.34. The van der Waals surface area contributed by atoms with Gasteiger partial charge in [0.2, 0.25) is 0 Å². The van der Waals surface area contributed by atoms with Gasteiger partial charge in [0, 0.05) is 57.5 Å². The number of aliphatic hydroxyl groups is 1. The average molecular weight is 329 g/mol. The number of amides is 1. The number of anilines is 1. The minimum absolute atomic E-state index is 0.112. The van der Waals surface area contributed by atoms with Gasteiger partial charge in [0.1, 0.15) is 5.82 Å². The number of aliphatic hydroxyl groups excluding tert-OH is 1. The molecule has 2 aromatic heterocycles. The lowest BCUT2D eigenvalue weighted by Crippen LogP contribution is -2.24. The predicted octanol–water partition coefficient (Wildman–Crippen LogP) is 0.777. The fraction of sp³-hybridized carbons (Fsp3) is 0.471. The zero-order valence-electron chi connectivity index (χ0n) is 14.0. The van der Waals surface area contributed by atoms with Crippen LogP contribution in [0.5, 0.6) is 0 Å². The molecule has 1 aliphatic heterocycles. The number of hydrogen-bond acceptors (Lipinski definition) is 5. The molecule has 128 valence electrons. The van der Waals surface area contributed by atoms with Gasteiger partial charge < -0.3 is 15.3 Å². The number of carbonyl (C=O) groups is 1. The van der Waals surface area contributed by atoms with E-state index in [1.54, 1.807) is 16.9 Å². The molecule has 0 radical (unpaired) electrons. The largest absolute Gasteiger partial charge is 0.396 e. The van der Waals surface area contributed by atoms with Crippen molar-refractivity contribution in [2.45, 2.75) is 12.8 Å². The lowest BCUT2D eigenvalue weighted by Gasteiger charge is -2.17. The Balaban J connectivity index is 1.74. The van der Waals surface area contributed by atoms with E-state index >= 15 is 0 Å². The summed E-state index contributed by atoms with van der Waals surface area (Å²) >= 11 is 0. The molecule has 2 atom stereocenters. The van der Waals surface area contributed by atoms with E-state index in [0.29, 0.717) is 12.1 Å². The molecule has 3 heterocycles. The van der Waals surface area contributed by atoms with Gasteiger partial charge in [0.15, 0.2) is 0 Å². The molecule has 0 bridgehead atoms. The number of rotatable bonds is 5. The van der Waals surface area contributed by atoms with E-state index in [1.807, 2.05) is 32.4 Å². The second kappa shape index (κ2) is 7.00. The first-order valence-corrected chi connectivity index (χ1v) is 8.21. The maximum absolute atomic E-state index is 11.8. The molecular weight excluding hydrogens is 306 g/mol. The first kappa shape index (κ1) is 16.4. The van der Waals surface area contributed by atoms with Crippen LogP contribution in [-0.4, -0.2) is 52.0 Å². The molecule has 2 aromatic rings. The van der Waals surface area contributed by atoms with Gasteiger partial charge in [-0.05, 0) is 24.6 Å². The Bertz CT molecular complexity index is 697. The number of hydrogen-bond donors (Lipinski definition) is 2. The number of nitrogens with zero attached hydrogens (tertiary/aromatic N) is 4. The zero-order valence-corrected chi connectivity index (χ0v) is 14.0. The number of aryl methyl sites for hydroxylation is 1. The molecule has 0 saturated carbocycles. The molecular formula is C17H23N5O2. The quantitative estimate of drug-likeness (QED) is 0.847. The first-order valence-electron chi connectivity index (χ1n) is 8.21. The van der Waals surface area contributed by atoms with Gasteiger partial charge in [-0.25, -0.2) is 4.98 Å². The van der Waals surface area contributed by atoms with Crippen LogP contribution in [0.1, 0.15) is 28.8 Å². The highest BCUT2D eigenvalue weighted by Crippen LogP contribution is 2.34. The molecule has 7 nitrogen and oxygen atoms in total. The van der Waals surface area contributed by atoms with Crippen molar-refractivity contribution in [3.63, 3.8) is 0 Å². The number of carbonyl (C=O) groups excluding carboxylic acids is 1. The van der Waals surface area contributed by atoms with Crippen molar-refractivity contribution in [3.05, 3.63) is 41.9 Å². The maximum Gasteiger partial charge on any atom is 0.252 e. The third-order valence-electron chi connectivity index (χ3n) is 4.50. The van der Waals surface area contributed by atoms with Gasteiger partial charge in [0.05, 0.1) is 11.8 Å². The summed E-state index contributed by atoms with van der Waals surface area (Å²) in [6.07, 6.45) is 5.47. The van der Waals surface area contributed by atoms with Crippen molar-refractivity contribution in [2.24, 2.45) is 13.0 Å². The third kappa shape index (κ3) is 3.26. The highest BCUT2D eigenvalue weighted by molar-refractivity contribution is 5.94. The van der Waals surface area contributed by atoms with Crippen LogP contribution < -0.4 is 10.2 Å². The second-order valence-electron chi connectivity index (χ2n) is 6.17. The molecule has 1 fully saturated rings. The van der Waals surface area contributed by atoms with Crippen molar-refractivity contribution < 1.29 is 9.90 Å². The van der Waals surface area contributed by atoms with E-state index in [9.17, 15) is 9.90 Å². The molecule has 1 saturated heterocycles. The Morgan fingerprint density at radius 2 is 2.21 bits per heavy atom. The van der Waals surface area contributed by atoms with E-state index in [4.69, 9.17) is 0 Å². The maximum atomic E-state index is 11.8. The normalized spacial score (nSPS) is 20.4.